The fourth-order valence-electron chi connectivity index (χ4n) is 6.87. The molecule has 0 unspecified atom stereocenters. The summed E-state index contributed by atoms with van der Waals surface area (Å²) in [6.07, 6.45) is 48.4. The number of unbranched alkanes of at least 4 members (excludes halogenated alkanes) is 24. The van der Waals surface area contributed by atoms with Gasteiger partial charge in [-0.3, -0.25) is 0 Å². The zero-order valence-corrected chi connectivity index (χ0v) is 33.9. The quantitative estimate of drug-likeness (QED) is 0.0278. The van der Waals surface area contributed by atoms with Gasteiger partial charge in [0.2, 0.25) is 0 Å². The molecule has 3 heteroatoms. The van der Waals surface area contributed by atoms with Gasteiger partial charge in [-0.15, -0.1) is 0 Å². The molecule has 3 nitrogen and oxygen atoms in total. The van der Waals surface area contributed by atoms with E-state index in [4.69, 9.17) is 9.47 Å². The maximum Gasteiger partial charge on any atom is 0.162 e. The first-order valence-corrected chi connectivity index (χ1v) is 22.1. The number of hydrogen-bond acceptors (Lipinski definition) is 2. The molecule has 0 aliphatic rings. The maximum absolute atomic E-state index is 6.37. The van der Waals surface area contributed by atoms with Crippen LogP contribution in [0.1, 0.15) is 221 Å². The van der Waals surface area contributed by atoms with E-state index in [1.165, 1.54) is 204 Å². The van der Waals surface area contributed by atoms with Crippen LogP contribution in [0.3, 0.4) is 0 Å². The largest absolute Gasteiger partial charge is 0.352 e. The van der Waals surface area contributed by atoms with Gasteiger partial charge in [-0.05, 0) is 85.0 Å². The molecular formula is C45H90NO2+. The van der Waals surface area contributed by atoms with Crippen molar-refractivity contribution in [1.29, 1.82) is 0 Å². The molecule has 0 aromatic carbocycles. The van der Waals surface area contributed by atoms with Crippen molar-refractivity contribution in [2.24, 2.45) is 0 Å². The van der Waals surface area contributed by atoms with Gasteiger partial charge in [0.05, 0.1) is 26.2 Å². The third-order valence-corrected chi connectivity index (χ3v) is 10.8. The minimum Gasteiger partial charge on any atom is -0.352 e. The summed E-state index contributed by atoms with van der Waals surface area (Å²) in [7, 11) is 0. The molecule has 0 N–H and O–H groups in total. The molecular weight excluding hydrogens is 587 g/mol. The number of quaternary nitrogens is 1. The summed E-state index contributed by atoms with van der Waals surface area (Å²) >= 11 is 0. The van der Waals surface area contributed by atoms with E-state index in [1.807, 2.05) is 0 Å². The zero-order chi connectivity index (χ0) is 35.1. The molecule has 286 valence electrons. The summed E-state index contributed by atoms with van der Waals surface area (Å²) in [4.78, 5) is 0. The van der Waals surface area contributed by atoms with Gasteiger partial charge in [0.15, 0.2) is 6.29 Å². The van der Waals surface area contributed by atoms with Gasteiger partial charge in [0.25, 0.3) is 0 Å². The Labute approximate surface area is 304 Å². The van der Waals surface area contributed by atoms with Gasteiger partial charge in [-0.25, -0.2) is 0 Å². The van der Waals surface area contributed by atoms with Crippen LogP contribution in [0, 0.1) is 0 Å². The fourth-order valence-corrected chi connectivity index (χ4v) is 6.87. The monoisotopic (exact) mass is 677 g/mol. The highest BCUT2D eigenvalue weighted by atomic mass is 16.7. The number of allylic oxidation sites excluding steroid dienone is 4. The van der Waals surface area contributed by atoms with E-state index in [0.717, 1.165) is 26.2 Å². The molecule has 0 fully saturated rings. The van der Waals surface area contributed by atoms with Crippen LogP contribution in [-0.2, 0) is 9.47 Å². The average Bonchev–Trinajstić information content (AvgIpc) is 3.11. The Morgan fingerprint density at radius 3 is 0.979 bits per heavy atom. The number of nitrogens with zero attached hydrogens (tertiary/aromatic N) is 1. The summed E-state index contributed by atoms with van der Waals surface area (Å²) in [6.45, 7) is 18.1. The van der Waals surface area contributed by atoms with Crippen LogP contribution in [0.25, 0.3) is 0 Å². The van der Waals surface area contributed by atoms with Crippen LogP contribution < -0.4 is 0 Å². The Hall–Kier alpha value is -0.640. The van der Waals surface area contributed by atoms with Gasteiger partial charge in [0, 0.05) is 19.6 Å². The molecule has 0 aliphatic carbocycles. The van der Waals surface area contributed by atoms with Crippen LogP contribution in [-0.4, -0.2) is 50.2 Å². The molecule has 0 spiro atoms. The number of ether oxygens (including phenoxy) is 2. The molecule has 0 saturated heterocycles. The van der Waals surface area contributed by atoms with Crippen molar-refractivity contribution in [3.8, 4) is 0 Å². The van der Waals surface area contributed by atoms with E-state index in [-0.39, 0.29) is 6.29 Å². The highest BCUT2D eigenvalue weighted by Crippen LogP contribution is 2.15. The SMILES string of the molecule is CCCCCCCCC=CCCCCCCCCOC(CC[N+](CC)(CC)CC)OCCCCCCCCC=CCCCCCCCC. The van der Waals surface area contributed by atoms with Crippen LogP contribution in [0.15, 0.2) is 24.3 Å². The predicted octanol–water partition coefficient (Wildman–Crippen LogP) is 14.7. The van der Waals surface area contributed by atoms with E-state index >= 15 is 0 Å². The molecule has 0 heterocycles. The first kappa shape index (κ1) is 47.4. The van der Waals surface area contributed by atoms with Crippen molar-refractivity contribution in [2.75, 3.05) is 39.4 Å². The molecule has 0 aliphatic heterocycles. The number of rotatable bonds is 40. The molecule has 48 heavy (non-hydrogen) atoms. The molecule has 0 bridgehead atoms. The molecule has 0 aromatic rings. The standard InChI is InChI=1S/C45H90NO2/c1-6-11-13-15-17-19-21-23-25-27-29-31-33-35-37-39-43-47-45(41-42-46(8-3,9-4)10-5)48-44-40-38-36-34-32-30-28-26-24-22-20-18-16-14-12-7-2/h23-26,45H,6-22,27-44H2,1-5H3/q+1. The van der Waals surface area contributed by atoms with E-state index < -0.39 is 0 Å². The van der Waals surface area contributed by atoms with Crippen LogP contribution in [0.4, 0.5) is 0 Å². The predicted molar refractivity (Wildman–Crippen MR) is 216 cm³/mol. The Kier molecular flexibility index (Phi) is 38.6. The van der Waals surface area contributed by atoms with Gasteiger partial charge >= 0.3 is 0 Å². The van der Waals surface area contributed by atoms with Crippen molar-refractivity contribution in [3.63, 3.8) is 0 Å². The van der Waals surface area contributed by atoms with Gasteiger partial charge in [0.1, 0.15) is 0 Å². The highest BCUT2D eigenvalue weighted by molar-refractivity contribution is 4.82. The lowest BCUT2D eigenvalue weighted by atomic mass is 10.1. The first-order valence-electron chi connectivity index (χ1n) is 22.1. The highest BCUT2D eigenvalue weighted by Gasteiger charge is 2.23. The molecule has 0 aromatic heterocycles. The van der Waals surface area contributed by atoms with Crippen molar-refractivity contribution >= 4 is 0 Å². The minimum atomic E-state index is -0.0293. The lowest BCUT2D eigenvalue weighted by Gasteiger charge is -2.36. The Bertz CT molecular complexity index is 603. The lowest BCUT2D eigenvalue weighted by Crippen LogP contribution is -2.49. The summed E-state index contributed by atoms with van der Waals surface area (Å²) in [5.74, 6) is 0. The maximum atomic E-state index is 6.37. The normalized spacial score (nSPS) is 13.0. The molecule has 0 saturated carbocycles. The number of hydrogen-bond donors (Lipinski definition) is 0. The molecule has 0 atom stereocenters. The topological polar surface area (TPSA) is 18.5 Å². The first-order chi connectivity index (χ1) is 23.7. The second kappa shape index (κ2) is 39.2. The van der Waals surface area contributed by atoms with E-state index in [9.17, 15) is 0 Å². The fraction of sp³-hybridized carbons (Fsp3) is 0.911. The summed E-state index contributed by atoms with van der Waals surface area (Å²) < 4.78 is 13.9. The third-order valence-electron chi connectivity index (χ3n) is 10.8. The Morgan fingerprint density at radius 1 is 0.375 bits per heavy atom. The smallest absolute Gasteiger partial charge is 0.162 e. The van der Waals surface area contributed by atoms with E-state index in [2.05, 4.69) is 58.9 Å². The van der Waals surface area contributed by atoms with Crippen LogP contribution >= 0.6 is 0 Å². The summed E-state index contributed by atoms with van der Waals surface area (Å²) in [6, 6.07) is 0. The summed E-state index contributed by atoms with van der Waals surface area (Å²) in [5, 5.41) is 0. The molecule has 0 amide bonds. The average molecular weight is 677 g/mol. The Balaban J connectivity index is 3.97. The van der Waals surface area contributed by atoms with Crippen molar-refractivity contribution < 1.29 is 14.0 Å². The van der Waals surface area contributed by atoms with Gasteiger partial charge < -0.3 is 14.0 Å². The summed E-state index contributed by atoms with van der Waals surface area (Å²) in [5.41, 5.74) is 0. The zero-order valence-electron chi connectivity index (χ0n) is 33.9. The molecule has 0 rings (SSSR count). The van der Waals surface area contributed by atoms with Gasteiger partial charge in [-0.1, -0.05) is 154 Å². The van der Waals surface area contributed by atoms with Crippen LogP contribution in [0.5, 0.6) is 0 Å². The third kappa shape index (κ3) is 32.6. The van der Waals surface area contributed by atoms with E-state index in [1.54, 1.807) is 0 Å². The minimum absolute atomic E-state index is 0.0293. The van der Waals surface area contributed by atoms with E-state index in [0.29, 0.717) is 0 Å². The van der Waals surface area contributed by atoms with Crippen molar-refractivity contribution in [1.82, 2.24) is 0 Å². The lowest BCUT2D eigenvalue weighted by molar-refractivity contribution is -0.924. The molecule has 0 radical (unpaired) electrons. The second-order valence-corrected chi connectivity index (χ2v) is 14.8. The van der Waals surface area contributed by atoms with Crippen molar-refractivity contribution in [3.05, 3.63) is 24.3 Å². The Morgan fingerprint density at radius 2 is 0.667 bits per heavy atom. The van der Waals surface area contributed by atoms with Gasteiger partial charge in [-0.2, -0.15) is 0 Å². The second-order valence-electron chi connectivity index (χ2n) is 14.8. The van der Waals surface area contributed by atoms with Crippen LogP contribution in [0.2, 0.25) is 0 Å². The van der Waals surface area contributed by atoms with Crippen molar-refractivity contribution in [2.45, 2.75) is 227 Å².